The van der Waals surface area contributed by atoms with Gasteiger partial charge in [0, 0.05) is 35.8 Å². The molecule has 0 aromatic carbocycles. The van der Waals surface area contributed by atoms with Crippen molar-refractivity contribution in [1.82, 2.24) is 9.80 Å². The van der Waals surface area contributed by atoms with Gasteiger partial charge in [-0.15, -0.1) is 11.8 Å². The number of rotatable bonds is 5. The van der Waals surface area contributed by atoms with Crippen LogP contribution in [0.3, 0.4) is 0 Å². The van der Waals surface area contributed by atoms with E-state index in [1.165, 1.54) is 18.5 Å². The first-order valence-corrected chi connectivity index (χ1v) is 13.7. The molecule has 186 valence electrons. The topological polar surface area (TPSA) is 39.1 Å². The van der Waals surface area contributed by atoms with Crippen molar-refractivity contribution in [2.45, 2.75) is 45.6 Å². The first-order chi connectivity index (χ1) is 16.8. The van der Waals surface area contributed by atoms with Crippen LogP contribution in [0.4, 0.5) is 0 Å². The maximum atomic E-state index is 10.9. The molecule has 4 aliphatic rings. The van der Waals surface area contributed by atoms with Crippen LogP contribution in [-0.4, -0.2) is 46.9 Å². The van der Waals surface area contributed by atoms with E-state index in [4.69, 9.17) is 16.6 Å². The Morgan fingerprint density at radius 3 is 3.00 bits per heavy atom. The highest BCUT2D eigenvalue weighted by Gasteiger charge is 2.42. The first-order valence-electron chi connectivity index (χ1n) is 12.3. The van der Waals surface area contributed by atoms with E-state index in [0.29, 0.717) is 23.4 Å². The molecule has 1 aliphatic carbocycles. The maximum Gasteiger partial charge on any atom is 0.183 e. The van der Waals surface area contributed by atoms with E-state index < -0.39 is 0 Å². The molecule has 3 aliphatic heterocycles. The second-order valence-electron chi connectivity index (χ2n) is 10.1. The molecule has 1 fully saturated rings. The van der Waals surface area contributed by atoms with Gasteiger partial charge in [-0.2, -0.15) is 0 Å². The largest absolute Gasteiger partial charge is 0.495 e. The first kappa shape index (κ1) is 25.7. The predicted octanol–water partition coefficient (Wildman–Crippen LogP) is 7.45. The van der Waals surface area contributed by atoms with Crippen LogP contribution < -0.4 is 0 Å². The number of nitrogens with zero attached hydrogens (tertiary/aromatic N) is 3. The Morgan fingerprint density at radius 1 is 1.37 bits per heavy atom. The van der Waals surface area contributed by atoms with Crippen LogP contribution in [0.1, 0.15) is 39.5 Å². The zero-order valence-corrected chi connectivity index (χ0v) is 22.4. The van der Waals surface area contributed by atoms with Crippen LogP contribution in [0.15, 0.2) is 98.8 Å². The molecule has 3 unspecified atom stereocenters. The summed E-state index contributed by atoms with van der Waals surface area (Å²) >= 11 is 7.83. The molecule has 0 radical (unpaired) electrons. The van der Waals surface area contributed by atoms with Gasteiger partial charge < -0.3 is 14.9 Å². The average molecular weight is 510 g/mol. The van der Waals surface area contributed by atoms with Crippen LogP contribution in [-0.2, 0) is 0 Å². The minimum atomic E-state index is 0.00795. The van der Waals surface area contributed by atoms with E-state index in [0.717, 1.165) is 42.7 Å². The summed E-state index contributed by atoms with van der Waals surface area (Å²) in [5.41, 5.74) is 4.29. The second-order valence-corrected chi connectivity index (χ2v) is 11.4. The fourth-order valence-corrected chi connectivity index (χ4v) is 6.44. The highest BCUT2D eigenvalue weighted by molar-refractivity contribution is 8.04. The van der Waals surface area contributed by atoms with E-state index >= 15 is 0 Å². The quantitative estimate of drug-likeness (QED) is 0.417. The Balaban J connectivity index is 1.44. The number of hydrogen-bond donors (Lipinski definition) is 1. The standard InChI is InChI=1S/C29H36ClN3OS/c1-5-24-12-22(3)31-20-33(23(4)13-24)16-25-7-6-9-29(14-25)15-28(34)32(19-29)17-26-18-35-10-8-27(30)11-21(26)2/h5,8,10-13,15,18,20,22,25,34H,1-2,6-7,9,14,16-17,19H2,3-4H3/b10-8-,23-13+,24-12-,26-18-,27-11+,31-20-. The minimum absolute atomic E-state index is 0.00795. The molecule has 0 bridgehead atoms. The van der Waals surface area contributed by atoms with Crippen molar-refractivity contribution >= 4 is 29.7 Å². The van der Waals surface area contributed by atoms with Crippen LogP contribution in [0.5, 0.6) is 0 Å². The van der Waals surface area contributed by atoms with E-state index in [-0.39, 0.29) is 11.5 Å². The molecule has 4 rings (SSSR count). The lowest BCUT2D eigenvalue weighted by atomic mass is 9.70. The van der Waals surface area contributed by atoms with Gasteiger partial charge in [0.25, 0.3) is 0 Å². The number of aliphatic hydroxyl groups excluding tert-OH is 1. The van der Waals surface area contributed by atoms with Gasteiger partial charge in [-0.25, -0.2) is 0 Å². The minimum Gasteiger partial charge on any atom is -0.495 e. The lowest BCUT2D eigenvalue weighted by Gasteiger charge is -2.39. The Labute approximate surface area is 219 Å². The third-order valence-electron chi connectivity index (χ3n) is 7.24. The van der Waals surface area contributed by atoms with Crippen molar-refractivity contribution in [2.24, 2.45) is 16.3 Å². The van der Waals surface area contributed by atoms with Gasteiger partial charge in [0.1, 0.15) is 0 Å². The van der Waals surface area contributed by atoms with Gasteiger partial charge in [0.05, 0.1) is 12.4 Å². The van der Waals surface area contributed by atoms with Gasteiger partial charge in [-0.05, 0) is 90.9 Å². The molecule has 0 saturated heterocycles. The predicted molar refractivity (Wildman–Crippen MR) is 151 cm³/mol. The lowest BCUT2D eigenvalue weighted by molar-refractivity contribution is 0.142. The number of aliphatic imine (C=N–C) groups is 1. The summed E-state index contributed by atoms with van der Waals surface area (Å²) < 4.78 is 0. The van der Waals surface area contributed by atoms with Crippen LogP contribution in [0.25, 0.3) is 0 Å². The molecule has 1 spiro atoms. The molecule has 1 saturated carbocycles. The maximum absolute atomic E-state index is 10.9. The summed E-state index contributed by atoms with van der Waals surface area (Å²) in [6, 6.07) is 0.131. The molecule has 0 aromatic rings. The third-order valence-corrected chi connectivity index (χ3v) is 8.19. The summed E-state index contributed by atoms with van der Waals surface area (Å²) in [7, 11) is 0. The Morgan fingerprint density at radius 2 is 2.20 bits per heavy atom. The van der Waals surface area contributed by atoms with Gasteiger partial charge >= 0.3 is 0 Å². The zero-order chi connectivity index (χ0) is 25.0. The molecule has 35 heavy (non-hydrogen) atoms. The molecule has 6 heteroatoms. The van der Waals surface area contributed by atoms with Crippen LogP contribution in [0.2, 0.25) is 0 Å². The van der Waals surface area contributed by atoms with Crippen LogP contribution in [0, 0.1) is 11.3 Å². The van der Waals surface area contributed by atoms with E-state index in [1.807, 2.05) is 30.0 Å². The number of thioether (sulfide) groups is 1. The van der Waals surface area contributed by atoms with Crippen molar-refractivity contribution < 1.29 is 5.11 Å². The molecule has 1 N–H and O–H groups in total. The van der Waals surface area contributed by atoms with Gasteiger partial charge in [0.2, 0.25) is 0 Å². The molecular weight excluding hydrogens is 474 g/mol. The molecule has 0 amide bonds. The Kier molecular flexibility index (Phi) is 8.18. The highest BCUT2D eigenvalue weighted by atomic mass is 35.5. The number of allylic oxidation sites excluding steroid dienone is 7. The van der Waals surface area contributed by atoms with Crippen molar-refractivity contribution in [1.29, 1.82) is 0 Å². The zero-order valence-electron chi connectivity index (χ0n) is 20.8. The molecule has 3 heterocycles. The van der Waals surface area contributed by atoms with Crippen molar-refractivity contribution in [3.8, 4) is 0 Å². The fraction of sp³-hybridized carbons (Fsp3) is 0.414. The van der Waals surface area contributed by atoms with Crippen molar-refractivity contribution in [2.75, 3.05) is 19.6 Å². The molecule has 4 nitrogen and oxygen atoms in total. The van der Waals surface area contributed by atoms with Crippen LogP contribution >= 0.6 is 23.4 Å². The van der Waals surface area contributed by atoms with E-state index in [1.54, 1.807) is 11.8 Å². The molecule has 3 atom stereocenters. The van der Waals surface area contributed by atoms with E-state index in [9.17, 15) is 5.11 Å². The van der Waals surface area contributed by atoms with Crippen molar-refractivity contribution in [3.05, 3.63) is 93.8 Å². The SMILES string of the molecule is C=CC1=C/C(C)/N=C\N(CC2CCCC3(C=C(O)N(C/C4=C/S/C=C\C(Cl)=C/C4=C)C3)C2)\C(C)=C\1. The average Bonchev–Trinajstić information content (AvgIpc) is 3.09. The summed E-state index contributed by atoms with van der Waals surface area (Å²) in [6.45, 7) is 14.8. The number of halogens is 1. The van der Waals surface area contributed by atoms with Gasteiger partial charge in [-0.3, -0.25) is 4.99 Å². The van der Waals surface area contributed by atoms with Crippen molar-refractivity contribution in [3.63, 3.8) is 0 Å². The second kappa shape index (κ2) is 11.1. The molecular formula is C29H36ClN3OS. The molecule has 0 aromatic heterocycles. The summed E-state index contributed by atoms with van der Waals surface area (Å²) in [5.74, 6) is 0.918. The third kappa shape index (κ3) is 6.45. The smallest absolute Gasteiger partial charge is 0.183 e. The monoisotopic (exact) mass is 509 g/mol. The Bertz CT molecular complexity index is 1080. The number of aliphatic hydroxyl groups is 1. The fourth-order valence-electron chi connectivity index (χ4n) is 5.48. The summed E-state index contributed by atoms with van der Waals surface area (Å²) in [5, 5.41) is 15.7. The van der Waals surface area contributed by atoms with Gasteiger partial charge in [0.15, 0.2) is 5.88 Å². The normalized spacial score (nSPS) is 37.2. The highest BCUT2D eigenvalue weighted by Crippen LogP contribution is 2.46. The summed E-state index contributed by atoms with van der Waals surface area (Å²) in [4.78, 5) is 9.11. The van der Waals surface area contributed by atoms with Gasteiger partial charge in [-0.1, -0.05) is 43.3 Å². The lowest BCUT2D eigenvalue weighted by Crippen LogP contribution is -2.38. The van der Waals surface area contributed by atoms with E-state index in [2.05, 4.69) is 60.4 Å². The number of hydrogen-bond acceptors (Lipinski definition) is 5. The summed E-state index contributed by atoms with van der Waals surface area (Å²) in [6.07, 6.45) is 18.6. The Hall–Kier alpha value is -2.37.